The molecule has 26 heavy (non-hydrogen) atoms. The van der Waals surface area contributed by atoms with Crippen molar-refractivity contribution in [1.82, 2.24) is 15.1 Å². The van der Waals surface area contributed by atoms with E-state index in [2.05, 4.69) is 41.2 Å². The Bertz CT molecular complexity index is 647. The SMILES string of the molecule is CCNC(=NCC1CCCN1C)N1CCc2cc(OC)c(OC)cc2C1. The molecule has 0 saturated carbocycles. The van der Waals surface area contributed by atoms with E-state index >= 15 is 0 Å². The lowest BCUT2D eigenvalue weighted by Gasteiger charge is -2.32. The van der Waals surface area contributed by atoms with Crippen molar-refractivity contribution < 1.29 is 9.47 Å². The molecule has 1 fully saturated rings. The maximum Gasteiger partial charge on any atom is 0.194 e. The minimum absolute atomic E-state index is 0.574. The number of likely N-dealkylation sites (tertiary alicyclic amines) is 1. The van der Waals surface area contributed by atoms with Gasteiger partial charge in [0.05, 0.1) is 20.8 Å². The molecule has 0 radical (unpaired) electrons. The fourth-order valence-corrected chi connectivity index (χ4v) is 3.89. The monoisotopic (exact) mass is 360 g/mol. The van der Waals surface area contributed by atoms with Crippen molar-refractivity contribution in [2.75, 3.05) is 47.4 Å². The van der Waals surface area contributed by atoms with Gasteiger partial charge >= 0.3 is 0 Å². The summed E-state index contributed by atoms with van der Waals surface area (Å²) in [5.41, 5.74) is 2.63. The lowest BCUT2D eigenvalue weighted by atomic mass is 9.99. The number of hydrogen-bond acceptors (Lipinski definition) is 4. The highest BCUT2D eigenvalue weighted by Crippen LogP contribution is 2.33. The third-order valence-corrected chi connectivity index (χ3v) is 5.48. The van der Waals surface area contributed by atoms with Gasteiger partial charge < -0.3 is 24.6 Å². The predicted molar refractivity (Wildman–Crippen MR) is 105 cm³/mol. The first-order chi connectivity index (χ1) is 12.7. The number of nitrogens with one attached hydrogen (secondary N) is 1. The largest absolute Gasteiger partial charge is 0.493 e. The standard InChI is InChI=1S/C20H32N4O2/c1-5-21-20(22-13-17-7-6-9-23(17)2)24-10-8-15-11-18(25-3)19(26-4)12-16(15)14-24/h11-12,17H,5-10,13-14H2,1-4H3,(H,21,22). The van der Waals surface area contributed by atoms with E-state index in [4.69, 9.17) is 14.5 Å². The molecule has 0 amide bonds. The average Bonchev–Trinajstić information content (AvgIpc) is 3.08. The maximum absolute atomic E-state index is 5.48. The summed E-state index contributed by atoms with van der Waals surface area (Å²) in [5, 5.41) is 3.47. The van der Waals surface area contributed by atoms with Crippen molar-refractivity contribution in [3.05, 3.63) is 23.3 Å². The van der Waals surface area contributed by atoms with Crippen LogP contribution in [0.3, 0.4) is 0 Å². The third kappa shape index (κ3) is 4.06. The molecule has 1 atom stereocenters. The number of likely N-dealkylation sites (N-methyl/N-ethyl adjacent to an activating group) is 1. The Labute approximate surface area is 157 Å². The summed E-state index contributed by atoms with van der Waals surface area (Å²) in [7, 11) is 5.58. The van der Waals surface area contributed by atoms with Crippen LogP contribution in [0.4, 0.5) is 0 Å². The van der Waals surface area contributed by atoms with Crippen LogP contribution in [0.2, 0.25) is 0 Å². The van der Waals surface area contributed by atoms with Crippen LogP contribution < -0.4 is 14.8 Å². The zero-order chi connectivity index (χ0) is 18.5. The fourth-order valence-electron chi connectivity index (χ4n) is 3.89. The van der Waals surface area contributed by atoms with E-state index in [0.717, 1.165) is 50.1 Å². The van der Waals surface area contributed by atoms with E-state index in [9.17, 15) is 0 Å². The Hall–Kier alpha value is -1.95. The molecule has 6 heteroatoms. The van der Waals surface area contributed by atoms with E-state index in [1.807, 2.05) is 0 Å². The number of fused-ring (bicyclic) bond motifs is 1. The Morgan fingerprint density at radius 1 is 1.19 bits per heavy atom. The topological polar surface area (TPSA) is 49.3 Å². The fraction of sp³-hybridized carbons (Fsp3) is 0.650. The van der Waals surface area contributed by atoms with Crippen LogP contribution in [0.1, 0.15) is 30.9 Å². The number of guanidine groups is 1. The summed E-state index contributed by atoms with van der Waals surface area (Å²) in [6, 6.07) is 4.79. The highest BCUT2D eigenvalue weighted by molar-refractivity contribution is 5.80. The number of aliphatic imine (C=N–C) groups is 1. The lowest BCUT2D eigenvalue weighted by Crippen LogP contribution is -2.44. The van der Waals surface area contributed by atoms with Crippen LogP contribution in [0.5, 0.6) is 11.5 Å². The van der Waals surface area contributed by atoms with Crippen LogP contribution in [-0.2, 0) is 13.0 Å². The second kappa shape index (κ2) is 8.62. The number of nitrogens with zero attached hydrogens (tertiary/aromatic N) is 3. The highest BCUT2D eigenvalue weighted by Gasteiger charge is 2.24. The Balaban J connectivity index is 1.75. The Morgan fingerprint density at radius 3 is 2.54 bits per heavy atom. The molecule has 0 aromatic heterocycles. The van der Waals surface area contributed by atoms with Crippen LogP contribution >= 0.6 is 0 Å². The van der Waals surface area contributed by atoms with Crippen LogP contribution in [-0.4, -0.2) is 69.2 Å². The van der Waals surface area contributed by atoms with Gasteiger partial charge in [-0.1, -0.05) is 0 Å². The van der Waals surface area contributed by atoms with Gasteiger partial charge in [0.1, 0.15) is 0 Å². The molecule has 0 bridgehead atoms. The van der Waals surface area contributed by atoms with Gasteiger partial charge in [0.2, 0.25) is 0 Å². The molecular formula is C20H32N4O2. The zero-order valence-electron chi connectivity index (χ0n) is 16.5. The summed E-state index contributed by atoms with van der Waals surface area (Å²) >= 11 is 0. The second-order valence-corrected chi connectivity index (χ2v) is 7.12. The summed E-state index contributed by atoms with van der Waals surface area (Å²) in [4.78, 5) is 9.73. The van der Waals surface area contributed by atoms with Crippen molar-refractivity contribution in [2.45, 2.75) is 38.8 Å². The minimum atomic E-state index is 0.574. The van der Waals surface area contributed by atoms with Gasteiger partial charge in [-0.2, -0.15) is 0 Å². The third-order valence-electron chi connectivity index (χ3n) is 5.48. The summed E-state index contributed by atoms with van der Waals surface area (Å²) < 4.78 is 10.9. The number of methoxy groups -OCH3 is 2. The zero-order valence-corrected chi connectivity index (χ0v) is 16.5. The molecule has 6 nitrogen and oxygen atoms in total. The summed E-state index contributed by atoms with van der Waals surface area (Å²) in [6.07, 6.45) is 3.52. The molecule has 1 saturated heterocycles. The molecule has 0 aliphatic carbocycles. The Kier molecular flexibility index (Phi) is 6.25. The highest BCUT2D eigenvalue weighted by atomic mass is 16.5. The van der Waals surface area contributed by atoms with Gasteiger partial charge in [-0.15, -0.1) is 0 Å². The first kappa shape index (κ1) is 18.8. The van der Waals surface area contributed by atoms with Gasteiger partial charge in [0.15, 0.2) is 17.5 Å². The van der Waals surface area contributed by atoms with Gasteiger partial charge in [0.25, 0.3) is 0 Å². The van der Waals surface area contributed by atoms with Crippen molar-refractivity contribution in [1.29, 1.82) is 0 Å². The van der Waals surface area contributed by atoms with Crippen molar-refractivity contribution in [2.24, 2.45) is 4.99 Å². The molecule has 0 spiro atoms. The number of benzene rings is 1. The molecule has 144 valence electrons. The van der Waals surface area contributed by atoms with Crippen LogP contribution in [0.15, 0.2) is 17.1 Å². The maximum atomic E-state index is 5.48. The lowest BCUT2D eigenvalue weighted by molar-refractivity contribution is 0.314. The van der Waals surface area contributed by atoms with Crippen molar-refractivity contribution >= 4 is 5.96 Å². The number of rotatable bonds is 5. The summed E-state index contributed by atoms with van der Waals surface area (Å²) in [6.45, 7) is 6.89. The van der Waals surface area contributed by atoms with E-state index in [-0.39, 0.29) is 0 Å². The molecule has 1 aromatic rings. The minimum Gasteiger partial charge on any atom is -0.493 e. The molecular weight excluding hydrogens is 328 g/mol. The van der Waals surface area contributed by atoms with Gasteiger partial charge in [-0.25, -0.2) is 0 Å². The number of hydrogen-bond donors (Lipinski definition) is 1. The predicted octanol–water partition coefficient (Wildman–Crippen LogP) is 2.12. The smallest absolute Gasteiger partial charge is 0.194 e. The van der Waals surface area contributed by atoms with Gasteiger partial charge in [-0.3, -0.25) is 4.99 Å². The molecule has 3 rings (SSSR count). The second-order valence-electron chi connectivity index (χ2n) is 7.12. The van der Waals surface area contributed by atoms with Crippen LogP contribution in [0.25, 0.3) is 0 Å². The van der Waals surface area contributed by atoms with Crippen molar-refractivity contribution in [3.63, 3.8) is 0 Å². The number of ether oxygens (including phenoxy) is 2. The van der Waals surface area contributed by atoms with Crippen molar-refractivity contribution in [3.8, 4) is 11.5 Å². The van der Waals surface area contributed by atoms with E-state index in [1.165, 1.54) is 30.5 Å². The van der Waals surface area contributed by atoms with Gasteiger partial charge in [0, 0.05) is 25.7 Å². The molecule has 1 unspecified atom stereocenters. The quantitative estimate of drug-likeness (QED) is 0.644. The molecule has 1 aromatic carbocycles. The van der Waals surface area contributed by atoms with E-state index in [1.54, 1.807) is 14.2 Å². The van der Waals surface area contributed by atoms with E-state index in [0.29, 0.717) is 6.04 Å². The van der Waals surface area contributed by atoms with E-state index < -0.39 is 0 Å². The summed E-state index contributed by atoms with van der Waals surface area (Å²) in [5.74, 6) is 2.63. The molecule has 2 aliphatic rings. The average molecular weight is 361 g/mol. The molecule has 1 N–H and O–H groups in total. The molecule has 2 aliphatic heterocycles. The molecule has 2 heterocycles. The first-order valence-electron chi connectivity index (χ1n) is 9.63. The first-order valence-corrected chi connectivity index (χ1v) is 9.63. The Morgan fingerprint density at radius 2 is 1.92 bits per heavy atom. The van der Waals surface area contributed by atoms with Crippen LogP contribution in [0, 0.1) is 0 Å². The van der Waals surface area contributed by atoms with Gasteiger partial charge in [-0.05, 0) is 63.0 Å². The normalized spacial score (nSPS) is 20.8.